The highest BCUT2D eigenvalue weighted by molar-refractivity contribution is 5.92. The van der Waals surface area contributed by atoms with Crippen molar-refractivity contribution in [2.24, 2.45) is 5.92 Å². The summed E-state index contributed by atoms with van der Waals surface area (Å²) < 4.78 is 6.24. The third-order valence-corrected chi connectivity index (χ3v) is 2.64. The van der Waals surface area contributed by atoms with Crippen LogP contribution in [-0.2, 0) is 11.3 Å². The third-order valence-electron chi connectivity index (χ3n) is 2.64. The normalized spacial score (nSPS) is 18.8. The summed E-state index contributed by atoms with van der Waals surface area (Å²) in [5.41, 5.74) is 0.213. The Bertz CT molecular complexity index is 390. The third kappa shape index (κ3) is 1.85. The van der Waals surface area contributed by atoms with Crippen LogP contribution in [0.3, 0.4) is 0 Å². The van der Waals surface area contributed by atoms with Crippen LogP contribution in [0.1, 0.15) is 16.9 Å². The van der Waals surface area contributed by atoms with E-state index in [1.165, 1.54) is 7.11 Å². The molecule has 1 atom stereocenters. The summed E-state index contributed by atoms with van der Waals surface area (Å²) in [6, 6.07) is 0. The van der Waals surface area contributed by atoms with Gasteiger partial charge in [0.15, 0.2) is 5.82 Å². The Balaban J connectivity index is 2.17. The number of ether oxygens (including phenoxy) is 1. The Morgan fingerprint density at radius 1 is 1.75 bits per heavy atom. The summed E-state index contributed by atoms with van der Waals surface area (Å²) in [5, 5.41) is 19.6. The van der Waals surface area contributed by atoms with Gasteiger partial charge in [0.25, 0.3) is 0 Å². The maximum atomic E-state index is 11.3. The fourth-order valence-electron chi connectivity index (χ4n) is 1.78. The van der Waals surface area contributed by atoms with Crippen LogP contribution in [0.4, 0.5) is 5.82 Å². The van der Waals surface area contributed by atoms with Crippen LogP contribution < -0.4 is 5.32 Å². The fourth-order valence-corrected chi connectivity index (χ4v) is 1.78. The van der Waals surface area contributed by atoms with Crippen molar-refractivity contribution in [2.75, 3.05) is 25.6 Å². The molecule has 7 heteroatoms. The highest BCUT2D eigenvalue weighted by atomic mass is 16.5. The quantitative estimate of drug-likeness (QED) is 0.675. The molecule has 0 radical (unpaired) electrons. The zero-order valence-corrected chi connectivity index (χ0v) is 9.01. The average molecular weight is 226 g/mol. The van der Waals surface area contributed by atoms with Crippen LogP contribution in [0, 0.1) is 5.92 Å². The number of methoxy groups -OCH3 is 1. The van der Waals surface area contributed by atoms with Gasteiger partial charge in [-0.3, -0.25) is 0 Å². The van der Waals surface area contributed by atoms with Crippen molar-refractivity contribution >= 4 is 11.8 Å². The van der Waals surface area contributed by atoms with E-state index >= 15 is 0 Å². The number of aliphatic hydroxyl groups excluding tert-OH is 1. The molecule has 0 fully saturated rings. The number of esters is 1. The van der Waals surface area contributed by atoms with Crippen molar-refractivity contribution in [3.8, 4) is 0 Å². The van der Waals surface area contributed by atoms with E-state index in [1.54, 1.807) is 4.68 Å². The van der Waals surface area contributed by atoms with Crippen LogP contribution in [0.15, 0.2) is 0 Å². The van der Waals surface area contributed by atoms with Crippen LogP contribution in [0.25, 0.3) is 0 Å². The molecule has 7 nitrogen and oxygen atoms in total. The van der Waals surface area contributed by atoms with Crippen molar-refractivity contribution in [1.29, 1.82) is 0 Å². The molecule has 0 saturated heterocycles. The zero-order chi connectivity index (χ0) is 11.5. The van der Waals surface area contributed by atoms with Crippen molar-refractivity contribution in [3.63, 3.8) is 0 Å². The van der Waals surface area contributed by atoms with Gasteiger partial charge in [-0.05, 0) is 12.3 Å². The molecule has 2 N–H and O–H groups in total. The summed E-state index contributed by atoms with van der Waals surface area (Å²) in [7, 11) is 1.31. The molecule has 1 aromatic rings. The van der Waals surface area contributed by atoms with Gasteiger partial charge < -0.3 is 15.2 Å². The zero-order valence-electron chi connectivity index (χ0n) is 9.01. The fraction of sp³-hybridized carbons (Fsp3) is 0.667. The summed E-state index contributed by atoms with van der Waals surface area (Å²) in [5.74, 6) is 0.417. The Labute approximate surface area is 92.4 Å². The van der Waals surface area contributed by atoms with Gasteiger partial charge >= 0.3 is 5.97 Å². The Morgan fingerprint density at radius 3 is 3.25 bits per heavy atom. The molecule has 0 amide bonds. The van der Waals surface area contributed by atoms with Gasteiger partial charge in [-0.1, -0.05) is 5.21 Å². The molecule has 0 bridgehead atoms. The van der Waals surface area contributed by atoms with Crippen molar-refractivity contribution in [3.05, 3.63) is 5.69 Å². The number of fused-ring (bicyclic) bond motifs is 1. The standard InChI is InChI=1S/C9H14N4O3/c1-16-9(15)7-8-10-4-6(2-3-14)5-13(8)12-11-7/h6,10,14H,2-5H2,1H3. The van der Waals surface area contributed by atoms with Crippen LogP contribution in [0.2, 0.25) is 0 Å². The van der Waals surface area contributed by atoms with Crippen molar-refractivity contribution in [2.45, 2.75) is 13.0 Å². The summed E-state index contributed by atoms with van der Waals surface area (Å²) >= 11 is 0. The number of hydrogen-bond acceptors (Lipinski definition) is 6. The molecule has 1 aromatic heterocycles. The molecular weight excluding hydrogens is 212 g/mol. The average Bonchev–Trinajstić information content (AvgIpc) is 2.71. The predicted molar refractivity (Wildman–Crippen MR) is 55.0 cm³/mol. The van der Waals surface area contributed by atoms with E-state index in [1.807, 2.05) is 0 Å². The minimum atomic E-state index is -0.491. The Morgan fingerprint density at radius 2 is 2.56 bits per heavy atom. The van der Waals surface area contributed by atoms with Crippen LogP contribution in [0.5, 0.6) is 0 Å². The second-order valence-corrected chi connectivity index (χ2v) is 3.72. The van der Waals surface area contributed by atoms with E-state index in [0.717, 1.165) is 0 Å². The molecule has 2 heterocycles. The maximum absolute atomic E-state index is 11.3. The summed E-state index contributed by atoms with van der Waals surface area (Å²) in [6.07, 6.45) is 0.708. The first-order valence-electron chi connectivity index (χ1n) is 5.12. The minimum absolute atomic E-state index is 0.153. The van der Waals surface area contributed by atoms with Gasteiger partial charge in [0, 0.05) is 19.7 Å². The molecule has 1 aliphatic heterocycles. The highest BCUT2D eigenvalue weighted by Gasteiger charge is 2.26. The summed E-state index contributed by atoms with van der Waals surface area (Å²) in [4.78, 5) is 11.3. The maximum Gasteiger partial charge on any atom is 0.362 e. The highest BCUT2D eigenvalue weighted by Crippen LogP contribution is 2.21. The number of anilines is 1. The van der Waals surface area contributed by atoms with E-state index in [-0.39, 0.29) is 12.3 Å². The number of carbonyl (C=O) groups excluding carboxylic acids is 1. The largest absolute Gasteiger partial charge is 0.464 e. The van der Waals surface area contributed by atoms with Gasteiger partial charge in [-0.15, -0.1) is 5.10 Å². The monoisotopic (exact) mass is 226 g/mol. The Hall–Kier alpha value is -1.63. The number of nitrogens with zero attached hydrogens (tertiary/aromatic N) is 3. The predicted octanol–water partition coefficient (Wildman–Crippen LogP) is -0.511. The molecule has 1 aliphatic rings. The van der Waals surface area contributed by atoms with Crippen molar-refractivity contribution < 1.29 is 14.6 Å². The lowest BCUT2D eigenvalue weighted by atomic mass is 10.0. The molecule has 2 rings (SSSR count). The van der Waals surface area contributed by atoms with E-state index < -0.39 is 5.97 Å². The van der Waals surface area contributed by atoms with E-state index in [2.05, 4.69) is 20.4 Å². The first-order chi connectivity index (χ1) is 7.76. The lowest BCUT2D eigenvalue weighted by Gasteiger charge is -2.23. The molecule has 0 saturated carbocycles. The number of aliphatic hydroxyl groups is 1. The molecule has 0 aliphatic carbocycles. The van der Waals surface area contributed by atoms with E-state index in [9.17, 15) is 4.79 Å². The first kappa shape index (κ1) is 10.9. The number of nitrogens with one attached hydrogen (secondary N) is 1. The lowest BCUT2D eigenvalue weighted by molar-refractivity contribution is 0.0595. The number of hydrogen-bond donors (Lipinski definition) is 2. The number of aromatic nitrogens is 3. The van der Waals surface area contributed by atoms with E-state index in [4.69, 9.17) is 5.11 Å². The lowest BCUT2D eigenvalue weighted by Crippen LogP contribution is -2.29. The van der Waals surface area contributed by atoms with E-state index in [0.29, 0.717) is 31.2 Å². The number of rotatable bonds is 3. The van der Waals surface area contributed by atoms with Gasteiger partial charge in [-0.2, -0.15) is 0 Å². The van der Waals surface area contributed by atoms with Crippen LogP contribution >= 0.6 is 0 Å². The molecule has 1 unspecified atom stereocenters. The molecular formula is C9H14N4O3. The first-order valence-corrected chi connectivity index (χ1v) is 5.12. The topological polar surface area (TPSA) is 89.3 Å². The van der Waals surface area contributed by atoms with Gasteiger partial charge in [0.05, 0.1) is 7.11 Å². The second kappa shape index (κ2) is 4.48. The summed E-state index contributed by atoms with van der Waals surface area (Å²) in [6.45, 7) is 1.52. The van der Waals surface area contributed by atoms with Gasteiger partial charge in [0.1, 0.15) is 0 Å². The molecule has 88 valence electrons. The van der Waals surface area contributed by atoms with Gasteiger partial charge in [-0.25, -0.2) is 9.48 Å². The minimum Gasteiger partial charge on any atom is -0.464 e. The van der Waals surface area contributed by atoms with Crippen LogP contribution in [-0.4, -0.2) is 46.3 Å². The molecule has 0 aromatic carbocycles. The SMILES string of the molecule is COC(=O)c1nnn2c1NCC(CCO)C2. The second-order valence-electron chi connectivity index (χ2n) is 3.72. The molecule has 16 heavy (non-hydrogen) atoms. The smallest absolute Gasteiger partial charge is 0.362 e. The van der Waals surface area contributed by atoms with Crippen molar-refractivity contribution in [1.82, 2.24) is 15.0 Å². The Kier molecular flexibility index (Phi) is 3.04. The van der Waals surface area contributed by atoms with Gasteiger partial charge in [0.2, 0.25) is 5.69 Å². The molecule has 0 spiro atoms. The number of carbonyl (C=O) groups is 1.